The Morgan fingerprint density at radius 1 is 0.462 bits per heavy atom. The molecule has 0 aliphatic heterocycles. The van der Waals surface area contributed by atoms with Gasteiger partial charge in [-0.05, 0) is 70.7 Å². The summed E-state index contributed by atoms with van der Waals surface area (Å²) in [7, 11) is 0. The summed E-state index contributed by atoms with van der Waals surface area (Å²) >= 11 is 0. The van der Waals surface area contributed by atoms with Crippen molar-refractivity contribution in [3.05, 3.63) is 72.3 Å². The number of carbonyl (C=O) groups is 1. The molecule has 0 N–H and O–H groups in total. The molecule has 0 spiro atoms. The first-order valence-corrected chi connectivity index (χ1v) is 8.91. The zero-order valence-corrected chi connectivity index (χ0v) is 13.8. The third-order valence-electron chi connectivity index (χ3n) is 6.16. The van der Waals surface area contributed by atoms with Crippen LogP contribution in [0.25, 0.3) is 64.6 Å². The number of hydrogen-bond acceptors (Lipinski definition) is 1. The van der Waals surface area contributed by atoms with Crippen molar-refractivity contribution in [3.8, 4) is 0 Å². The van der Waals surface area contributed by atoms with Crippen LogP contribution in [0, 0.1) is 0 Å². The van der Waals surface area contributed by atoms with Gasteiger partial charge < -0.3 is 0 Å². The summed E-state index contributed by atoms with van der Waals surface area (Å²) in [5, 5.41) is 15.1. The fraction of sp³-hybridized carbons (Fsp3) is 0. The van der Waals surface area contributed by atoms with E-state index >= 15 is 0 Å². The van der Waals surface area contributed by atoms with E-state index in [0.29, 0.717) is 0 Å². The summed E-state index contributed by atoms with van der Waals surface area (Å²) in [4.78, 5) is 11.8. The predicted molar refractivity (Wildman–Crippen MR) is 110 cm³/mol. The molecule has 0 aliphatic carbocycles. The molecule has 118 valence electrons. The second-order valence-corrected chi connectivity index (χ2v) is 7.32. The van der Waals surface area contributed by atoms with E-state index in [1.165, 1.54) is 53.9 Å². The molecule has 0 fully saturated rings. The molecule has 7 aromatic carbocycles. The number of benzene rings is 7. The van der Waals surface area contributed by atoms with Gasteiger partial charge in [0.2, 0.25) is 0 Å². The molecule has 0 aromatic heterocycles. The maximum Gasteiger partial charge on any atom is 0.150 e. The molecule has 0 heterocycles. The van der Waals surface area contributed by atoms with E-state index in [-0.39, 0.29) is 0 Å². The molecule has 0 radical (unpaired) electrons. The van der Waals surface area contributed by atoms with Gasteiger partial charge in [0, 0.05) is 5.56 Å². The molecule has 0 atom stereocenters. The van der Waals surface area contributed by atoms with Crippen LogP contribution in [-0.2, 0) is 0 Å². The van der Waals surface area contributed by atoms with Crippen LogP contribution in [0.4, 0.5) is 0 Å². The van der Waals surface area contributed by atoms with Gasteiger partial charge in [0.25, 0.3) is 0 Å². The van der Waals surface area contributed by atoms with E-state index in [2.05, 4.69) is 60.7 Å². The smallest absolute Gasteiger partial charge is 0.150 e. The molecule has 0 amide bonds. The lowest BCUT2D eigenvalue weighted by Gasteiger charge is -2.21. The van der Waals surface area contributed by atoms with Crippen LogP contribution in [0.5, 0.6) is 0 Å². The van der Waals surface area contributed by atoms with Gasteiger partial charge in [-0.1, -0.05) is 60.7 Å². The Morgan fingerprint density at radius 3 is 1.35 bits per heavy atom. The van der Waals surface area contributed by atoms with Crippen molar-refractivity contribution in [2.45, 2.75) is 0 Å². The van der Waals surface area contributed by atoms with Gasteiger partial charge in [0.05, 0.1) is 0 Å². The fourth-order valence-electron chi connectivity index (χ4n) is 5.11. The average Bonchev–Trinajstić information content (AvgIpc) is 2.71. The van der Waals surface area contributed by atoms with Crippen LogP contribution in [0.1, 0.15) is 10.4 Å². The number of carbonyl (C=O) groups excluding carboxylic acids is 1. The highest BCUT2D eigenvalue weighted by atomic mass is 16.1. The molecule has 0 unspecified atom stereocenters. The van der Waals surface area contributed by atoms with Crippen molar-refractivity contribution in [2.24, 2.45) is 0 Å². The molecule has 7 aromatic rings. The van der Waals surface area contributed by atoms with Crippen molar-refractivity contribution in [1.29, 1.82) is 0 Å². The number of aldehydes is 1. The third kappa shape index (κ3) is 1.24. The monoisotopic (exact) mass is 328 g/mol. The quantitative estimate of drug-likeness (QED) is 0.185. The SMILES string of the molecule is O=Cc1cc2ccc3ccc4ccc5ccc6ccc1c1c6c5c4c3c21. The Morgan fingerprint density at radius 2 is 0.846 bits per heavy atom. The Bertz CT molecular complexity index is 1580. The standard InChI is InChI=1S/C25H12O/c26-12-18-11-17-8-7-15-4-2-13-1-3-14-5-6-16-9-10-19(18)25-23(16)21(14)20(13)22(15)24(17)25/h1-12H. The van der Waals surface area contributed by atoms with Crippen molar-refractivity contribution >= 4 is 70.9 Å². The summed E-state index contributed by atoms with van der Waals surface area (Å²) in [6.07, 6.45) is 0.992. The third-order valence-corrected chi connectivity index (χ3v) is 6.16. The summed E-state index contributed by atoms with van der Waals surface area (Å²) in [5.74, 6) is 0. The molecule has 0 bridgehead atoms. The van der Waals surface area contributed by atoms with E-state index in [0.717, 1.165) is 22.6 Å². The molecule has 1 heteroatoms. The van der Waals surface area contributed by atoms with Crippen molar-refractivity contribution in [2.75, 3.05) is 0 Å². The average molecular weight is 328 g/mol. The maximum absolute atomic E-state index is 11.8. The van der Waals surface area contributed by atoms with Crippen molar-refractivity contribution in [3.63, 3.8) is 0 Å². The summed E-state index contributed by atoms with van der Waals surface area (Å²) in [6, 6.07) is 24.0. The van der Waals surface area contributed by atoms with Crippen LogP contribution in [0.2, 0.25) is 0 Å². The van der Waals surface area contributed by atoms with Gasteiger partial charge in [0.1, 0.15) is 0 Å². The van der Waals surface area contributed by atoms with Crippen LogP contribution in [0.3, 0.4) is 0 Å². The minimum atomic E-state index is 0.775. The maximum atomic E-state index is 11.8. The Labute approximate surface area is 148 Å². The molecule has 7 rings (SSSR count). The lowest BCUT2D eigenvalue weighted by atomic mass is 9.82. The molecule has 0 saturated heterocycles. The summed E-state index contributed by atoms with van der Waals surface area (Å²) in [5.41, 5.74) is 0.775. The zero-order chi connectivity index (χ0) is 17.0. The number of hydrogen-bond donors (Lipinski definition) is 0. The number of rotatable bonds is 1. The van der Waals surface area contributed by atoms with Gasteiger partial charge in [-0.3, -0.25) is 4.79 Å². The minimum Gasteiger partial charge on any atom is -0.298 e. The van der Waals surface area contributed by atoms with Gasteiger partial charge in [-0.15, -0.1) is 0 Å². The van der Waals surface area contributed by atoms with Crippen LogP contribution >= 0.6 is 0 Å². The topological polar surface area (TPSA) is 17.1 Å². The van der Waals surface area contributed by atoms with Crippen LogP contribution < -0.4 is 0 Å². The predicted octanol–water partition coefficient (Wildman–Crippen LogP) is 6.73. The first-order chi connectivity index (χ1) is 12.8. The highest BCUT2D eigenvalue weighted by Crippen LogP contribution is 2.48. The van der Waals surface area contributed by atoms with Crippen LogP contribution in [0.15, 0.2) is 66.7 Å². The van der Waals surface area contributed by atoms with Crippen molar-refractivity contribution in [1.82, 2.24) is 0 Å². The van der Waals surface area contributed by atoms with E-state index in [9.17, 15) is 4.79 Å². The Balaban J connectivity index is 2.07. The van der Waals surface area contributed by atoms with E-state index in [1.807, 2.05) is 6.07 Å². The normalized spacial score (nSPS) is 12.8. The summed E-state index contributed by atoms with van der Waals surface area (Å²) in [6.45, 7) is 0. The van der Waals surface area contributed by atoms with Gasteiger partial charge >= 0.3 is 0 Å². The Kier molecular flexibility index (Phi) is 1.99. The molecular formula is C25H12O. The molecule has 0 saturated carbocycles. The lowest BCUT2D eigenvalue weighted by Crippen LogP contribution is -1.94. The van der Waals surface area contributed by atoms with E-state index in [4.69, 9.17) is 0 Å². The molecule has 0 aliphatic rings. The highest BCUT2D eigenvalue weighted by Gasteiger charge is 2.20. The first kappa shape index (κ1) is 12.8. The zero-order valence-electron chi connectivity index (χ0n) is 13.8. The fourth-order valence-corrected chi connectivity index (χ4v) is 5.11. The second kappa shape index (κ2) is 4.03. The van der Waals surface area contributed by atoms with Gasteiger partial charge in [0.15, 0.2) is 6.29 Å². The van der Waals surface area contributed by atoms with E-state index in [1.54, 1.807) is 0 Å². The molecular weight excluding hydrogens is 316 g/mol. The Hall–Kier alpha value is -3.45. The summed E-state index contributed by atoms with van der Waals surface area (Å²) < 4.78 is 0. The lowest BCUT2D eigenvalue weighted by molar-refractivity contribution is 0.112. The minimum absolute atomic E-state index is 0.775. The highest BCUT2D eigenvalue weighted by molar-refractivity contribution is 6.45. The largest absolute Gasteiger partial charge is 0.298 e. The van der Waals surface area contributed by atoms with E-state index < -0.39 is 0 Å². The molecule has 1 nitrogen and oxygen atoms in total. The van der Waals surface area contributed by atoms with Gasteiger partial charge in [-0.2, -0.15) is 0 Å². The van der Waals surface area contributed by atoms with Crippen molar-refractivity contribution < 1.29 is 4.79 Å². The van der Waals surface area contributed by atoms with Crippen LogP contribution in [-0.4, -0.2) is 6.29 Å². The molecule has 26 heavy (non-hydrogen) atoms. The first-order valence-electron chi connectivity index (χ1n) is 8.91. The second-order valence-electron chi connectivity index (χ2n) is 7.32. The van der Waals surface area contributed by atoms with Gasteiger partial charge in [-0.25, -0.2) is 0 Å².